The average Bonchev–Trinajstić information content (AvgIpc) is 2.74. The summed E-state index contributed by atoms with van der Waals surface area (Å²) in [7, 11) is 0. The van der Waals surface area contributed by atoms with Gasteiger partial charge in [-0.25, -0.2) is 9.37 Å². The molecule has 1 saturated heterocycles. The first-order valence-corrected chi connectivity index (χ1v) is 9.73. The van der Waals surface area contributed by atoms with E-state index in [1.54, 1.807) is 17.0 Å². The fourth-order valence-corrected chi connectivity index (χ4v) is 3.58. The summed E-state index contributed by atoms with van der Waals surface area (Å²) in [5.74, 6) is 0.264. The maximum absolute atomic E-state index is 13.9. The number of hydrogen-bond acceptors (Lipinski definition) is 7. The Morgan fingerprint density at radius 2 is 1.80 bits per heavy atom. The molecule has 0 atom stereocenters. The Morgan fingerprint density at radius 1 is 1.03 bits per heavy atom. The normalized spacial score (nSPS) is 14.8. The molecule has 3 aromatic rings. The summed E-state index contributed by atoms with van der Waals surface area (Å²) in [4.78, 5) is 24.6. The molecule has 2 heterocycles. The van der Waals surface area contributed by atoms with E-state index >= 15 is 0 Å². The molecule has 0 aliphatic carbocycles. The van der Waals surface area contributed by atoms with Gasteiger partial charge >= 0.3 is 0 Å². The van der Waals surface area contributed by atoms with Crippen molar-refractivity contribution in [2.45, 2.75) is 0 Å². The Hall–Kier alpha value is -3.46. The minimum Gasteiger partial charge on any atom is -0.491 e. The number of nitrogen functional groups attached to an aromatic ring is 2. The molecule has 0 unspecified atom stereocenters. The number of fused-ring (bicyclic) bond motifs is 1. The molecule has 0 spiro atoms. The number of nitrogens with zero attached hydrogens (tertiary/aromatic N) is 4. The van der Waals surface area contributed by atoms with Gasteiger partial charge in [-0.15, -0.1) is 0 Å². The molecule has 0 bridgehead atoms. The zero-order valence-electron chi connectivity index (χ0n) is 16.4. The lowest BCUT2D eigenvalue weighted by molar-refractivity contribution is 0.0616. The maximum atomic E-state index is 13.9. The van der Waals surface area contributed by atoms with Crippen molar-refractivity contribution in [3.63, 3.8) is 0 Å². The number of carbonyl (C=O) groups is 1. The zero-order valence-corrected chi connectivity index (χ0v) is 16.4. The predicted octanol–water partition coefficient (Wildman–Crippen LogP) is 1.77. The highest BCUT2D eigenvalue weighted by atomic mass is 19.1. The predicted molar refractivity (Wildman–Crippen MR) is 113 cm³/mol. The number of nitrogens with two attached hydrogens (primary N) is 2. The molecule has 4 rings (SSSR count). The summed E-state index contributed by atoms with van der Waals surface area (Å²) in [6, 6.07) is 11.5. The van der Waals surface area contributed by atoms with Crippen molar-refractivity contribution in [2.75, 3.05) is 50.8 Å². The van der Waals surface area contributed by atoms with E-state index in [1.165, 1.54) is 12.1 Å². The molecule has 30 heavy (non-hydrogen) atoms. The van der Waals surface area contributed by atoms with E-state index in [0.29, 0.717) is 56.0 Å². The van der Waals surface area contributed by atoms with Crippen LogP contribution in [-0.2, 0) is 0 Å². The third kappa shape index (κ3) is 4.11. The third-order valence-electron chi connectivity index (χ3n) is 5.16. The van der Waals surface area contributed by atoms with Crippen LogP contribution in [0.5, 0.6) is 5.75 Å². The second kappa shape index (κ2) is 8.50. The Balaban J connectivity index is 1.31. The monoisotopic (exact) mass is 410 g/mol. The van der Waals surface area contributed by atoms with Crippen LogP contribution in [0.2, 0.25) is 0 Å². The highest BCUT2D eigenvalue weighted by Gasteiger charge is 2.23. The lowest BCUT2D eigenvalue weighted by atomic mass is 10.1. The van der Waals surface area contributed by atoms with Gasteiger partial charge in [0.15, 0.2) is 0 Å². The molecule has 2 aromatic carbocycles. The topological polar surface area (TPSA) is 111 Å². The minimum absolute atomic E-state index is 0.116. The number of carbonyl (C=O) groups excluding carboxylic acids is 1. The number of hydrogen-bond donors (Lipinski definition) is 2. The number of amides is 1. The molecular weight excluding hydrogens is 387 g/mol. The molecule has 9 heteroatoms. The van der Waals surface area contributed by atoms with Crippen molar-refractivity contribution in [3.8, 4) is 5.75 Å². The minimum atomic E-state index is -0.488. The van der Waals surface area contributed by atoms with Crippen LogP contribution in [-0.4, -0.2) is 65.0 Å². The summed E-state index contributed by atoms with van der Waals surface area (Å²) < 4.78 is 19.8. The van der Waals surface area contributed by atoms with E-state index in [1.807, 2.05) is 18.2 Å². The Morgan fingerprint density at radius 3 is 2.57 bits per heavy atom. The standard InChI is InChI=1S/C21H23FN6O2/c22-15-5-2-1-4-14(15)20(29)28-10-8-27(9-11-28)12-13-30-17-7-3-6-16-18(17)19(23)26-21(24)25-16/h1-7H,8-13H2,(H4,23,24,25,26). The van der Waals surface area contributed by atoms with Crippen molar-refractivity contribution in [3.05, 3.63) is 53.8 Å². The van der Waals surface area contributed by atoms with Gasteiger partial charge in [-0.05, 0) is 24.3 Å². The zero-order chi connectivity index (χ0) is 21.1. The van der Waals surface area contributed by atoms with Crippen LogP contribution in [0.1, 0.15) is 10.4 Å². The van der Waals surface area contributed by atoms with E-state index in [-0.39, 0.29) is 23.2 Å². The molecular formula is C21H23FN6O2. The fourth-order valence-electron chi connectivity index (χ4n) is 3.58. The second-order valence-corrected chi connectivity index (χ2v) is 7.08. The number of benzene rings is 2. The Labute approximate surface area is 173 Å². The van der Waals surface area contributed by atoms with Gasteiger partial charge in [0, 0.05) is 32.7 Å². The van der Waals surface area contributed by atoms with E-state index in [9.17, 15) is 9.18 Å². The summed E-state index contributed by atoms with van der Waals surface area (Å²) in [5, 5.41) is 0.645. The number of ether oxygens (including phenoxy) is 1. The van der Waals surface area contributed by atoms with Gasteiger partial charge in [0.2, 0.25) is 5.95 Å². The quantitative estimate of drug-likeness (QED) is 0.659. The van der Waals surface area contributed by atoms with Crippen molar-refractivity contribution >= 4 is 28.6 Å². The number of piperazine rings is 1. The van der Waals surface area contributed by atoms with Crippen LogP contribution in [0.3, 0.4) is 0 Å². The molecule has 1 aromatic heterocycles. The maximum Gasteiger partial charge on any atom is 0.256 e. The molecule has 4 N–H and O–H groups in total. The molecule has 1 aliphatic rings. The van der Waals surface area contributed by atoms with Crippen LogP contribution in [0.25, 0.3) is 10.9 Å². The molecule has 156 valence electrons. The first-order chi connectivity index (χ1) is 14.5. The van der Waals surface area contributed by atoms with Gasteiger partial charge in [0.1, 0.15) is 24.0 Å². The van der Waals surface area contributed by atoms with Crippen LogP contribution in [0.4, 0.5) is 16.2 Å². The summed E-state index contributed by atoms with van der Waals surface area (Å²) in [6.07, 6.45) is 0. The van der Waals surface area contributed by atoms with E-state index in [2.05, 4.69) is 14.9 Å². The highest BCUT2D eigenvalue weighted by molar-refractivity contribution is 5.95. The lowest BCUT2D eigenvalue weighted by Crippen LogP contribution is -2.49. The van der Waals surface area contributed by atoms with E-state index in [0.717, 1.165) is 0 Å². The van der Waals surface area contributed by atoms with Gasteiger partial charge in [-0.1, -0.05) is 18.2 Å². The van der Waals surface area contributed by atoms with Gasteiger partial charge in [-0.3, -0.25) is 9.69 Å². The van der Waals surface area contributed by atoms with E-state index in [4.69, 9.17) is 16.2 Å². The van der Waals surface area contributed by atoms with Crippen molar-refractivity contribution in [1.29, 1.82) is 0 Å². The molecule has 1 fully saturated rings. The van der Waals surface area contributed by atoms with Gasteiger partial charge in [0.25, 0.3) is 5.91 Å². The van der Waals surface area contributed by atoms with Crippen LogP contribution in [0.15, 0.2) is 42.5 Å². The summed E-state index contributed by atoms with van der Waals surface area (Å²) in [6.45, 7) is 3.61. The number of rotatable bonds is 5. The van der Waals surface area contributed by atoms with Gasteiger partial charge in [0.05, 0.1) is 16.5 Å². The SMILES string of the molecule is Nc1nc(N)c2c(OCCN3CCN(C(=O)c4ccccc4F)CC3)cccc2n1. The second-order valence-electron chi connectivity index (χ2n) is 7.08. The smallest absolute Gasteiger partial charge is 0.256 e. The highest BCUT2D eigenvalue weighted by Crippen LogP contribution is 2.29. The Kier molecular flexibility index (Phi) is 5.62. The van der Waals surface area contributed by atoms with Crippen LogP contribution < -0.4 is 16.2 Å². The molecule has 8 nitrogen and oxygen atoms in total. The fraction of sp³-hybridized carbons (Fsp3) is 0.286. The molecule has 1 amide bonds. The van der Waals surface area contributed by atoms with Gasteiger partial charge in [-0.2, -0.15) is 4.98 Å². The van der Waals surface area contributed by atoms with Crippen molar-refractivity contribution in [1.82, 2.24) is 19.8 Å². The number of halogens is 1. The average molecular weight is 410 g/mol. The number of aromatic nitrogens is 2. The Bertz CT molecular complexity index is 1070. The molecule has 1 aliphatic heterocycles. The lowest BCUT2D eigenvalue weighted by Gasteiger charge is -2.34. The summed E-state index contributed by atoms with van der Waals surface area (Å²) in [5.41, 5.74) is 12.4. The van der Waals surface area contributed by atoms with Crippen molar-refractivity contribution < 1.29 is 13.9 Å². The first-order valence-electron chi connectivity index (χ1n) is 9.73. The largest absolute Gasteiger partial charge is 0.491 e. The van der Waals surface area contributed by atoms with Crippen LogP contribution >= 0.6 is 0 Å². The first kappa shape index (κ1) is 19.8. The van der Waals surface area contributed by atoms with Crippen molar-refractivity contribution in [2.24, 2.45) is 0 Å². The van der Waals surface area contributed by atoms with Gasteiger partial charge < -0.3 is 21.1 Å². The summed E-state index contributed by atoms with van der Waals surface area (Å²) >= 11 is 0. The van der Waals surface area contributed by atoms with E-state index < -0.39 is 5.82 Å². The number of anilines is 2. The molecule has 0 radical (unpaired) electrons. The molecule has 0 saturated carbocycles. The van der Waals surface area contributed by atoms with Crippen LogP contribution in [0, 0.1) is 5.82 Å². The third-order valence-corrected chi connectivity index (χ3v) is 5.16.